The molecule has 26 heavy (non-hydrogen) atoms. The zero-order valence-electron chi connectivity index (χ0n) is 13.5. The van der Waals surface area contributed by atoms with Gasteiger partial charge in [0.2, 0.25) is 10.7 Å². The lowest BCUT2D eigenvalue weighted by molar-refractivity contribution is -0.116. The molecule has 0 unspecified atom stereocenters. The van der Waals surface area contributed by atoms with E-state index < -0.39 is 0 Å². The van der Waals surface area contributed by atoms with Crippen molar-refractivity contribution in [1.29, 1.82) is 0 Å². The van der Waals surface area contributed by atoms with Gasteiger partial charge in [-0.1, -0.05) is 30.3 Å². The van der Waals surface area contributed by atoms with Gasteiger partial charge in [0, 0.05) is 29.5 Å². The molecule has 1 N–H and O–H groups in total. The van der Waals surface area contributed by atoms with Crippen molar-refractivity contribution >= 4 is 34.6 Å². The number of nitrogens with zero attached hydrogens (tertiary/aromatic N) is 5. The second-order valence-electron chi connectivity index (χ2n) is 5.39. The van der Waals surface area contributed by atoms with Crippen molar-refractivity contribution < 1.29 is 4.79 Å². The van der Waals surface area contributed by atoms with Crippen LogP contribution in [0.3, 0.4) is 0 Å². The highest BCUT2D eigenvalue weighted by Gasteiger charge is 2.16. The average Bonchev–Trinajstić information content (AvgIpc) is 3.39. The second-order valence-corrected chi connectivity index (χ2v) is 6.65. The van der Waals surface area contributed by atoms with E-state index in [1.807, 2.05) is 59.5 Å². The fraction of sp³-hybridized carbons (Fsp3) is 0.0588. The molecule has 4 rings (SSSR count). The van der Waals surface area contributed by atoms with Crippen molar-refractivity contribution in [2.24, 2.45) is 0 Å². The van der Waals surface area contributed by atoms with Crippen LogP contribution in [0.25, 0.3) is 11.4 Å². The smallest absolute Gasteiger partial charge is 0.248 e. The summed E-state index contributed by atoms with van der Waals surface area (Å²) in [5.74, 6) is 0.432. The van der Waals surface area contributed by atoms with Crippen LogP contribution in [-0.2, 0) is 11.3 Å². The van der Waals surface area contributed by atoms with Gasteiger partial charge in [0.1, 0.15) is 6.54 Å². The third-order valence-electron chi connectivity index (χ3n) is 3.64. The number of carbonyl (C=O) groups is 1. The molecule has 130 valence electrons. The first-order chi connectivity index (χ1) is 12.7. The van der Waals surface area contributed by atoms with Gasteiger partial charge in [-0.2, -0.15) is 0 Å². The Morgan fingerprint density at radius 2 is 1.92 bits per heavy atom. The topological polar surface area (TPSA) is 69.7 Å². The summed E-state index contributed by atoms with van der Waals surface area (Å²) < 4.78 is 5.57. The van der Waals surface area contributed by atoms with Crippen molar-refractivity contribution in [2.75, 3.05) is 5.32 Å². The lowest BCUT2D eigenvalue weighted by Gasteiger charge is -2.07. The summed E-state index contributed by atoms with van der Waals surface area (Å²) in [4.78, 5) is 16.4. The Morgan fingerprint density at radius 3 is 2.62 bits per heavy atom. The number of hydrogen-bond donors (Lipinski definition) is 1. The van der Waals surface area contributed by atoms with Crippen LogP contribution in [0, 0.1) is 4.77 Å². The van der Waals surface area contributed by atoms with Crippen molar-refractivity contribution in [2.45, 2.75) is 6.54 Å². The number of benzene rings is 1. The van der Waals surface area contributed by atoms with E-state index in [0.717, 1.165) is 5.56 Å². The highest BCUT2D eigenvalue weighted by atomic mass is 32.1. The molecule has 0 aliphatic rings. The lowest BCUT2D eigenvalue weighted by atomic mass is 10.2. The van der Waals surface area contributed by atoms with Crippen LogP contribution in [0.2, 0.25) is 0 Å². The quantitative estimate of drug-likeness (QED) is 0.538. The molecule has 7 nitrogen and oxygen atoms in total. The van der Waals surface area contributed by atoms with E-state index in [1.165, 1.54) is 16.0 Å². The summed E-state index contributed by atoms with van der Waals surface area (Å²) in [6, 6.07) is 13.5. The Morgan fingerprint density at radius 1 is 1.15 bits per heavy atom. The van der Waals surface area contributed by atoms with Crippen molar-refractivity contribution in [1.82, 2.24) is 24.1 Å². The zero-order chi connectivity index (χ0) is 17.9. The molecule has 0 saturated heterocycles. The van der Waals surface area contributed by atoms with Crippen LogP contribution in [0.5, 0.6) is 0 Å². The van der Waals surface area contributed by atoms with Crippen LogP contribution in [0.15, 0.2) is 66.4 Å². The van der Waals surface area contributed by atoms with E-state index in [0.29, 0.717) is 15.7 Å². The van der Waals surface area contributed by atoms with Crippen LogP contribution in [0.1, 0.15) is 0 Å². The summed E-state index contributed by atoms with van der Waals surface area (Å²) in [6.07, 6.45) is 5.40. The number of rotatable bonds is 5. The Balaban J connectivity index is 1.72. The van der Waals surface area contributed by atoms with Gasteiger partial charge in [-0.05, 0) is 24.4 Å². The predicted octanol–water partition coefficient (Wildman–Crippen LogP) is 3.29. The predicted molar refractivity (Wildman–Crippen MR) is 102 cm³/mol. The van der Waals surface area contributed by atoms with Gasteiger partial charge in [0.15, 0.2) is 11.0 Å². The molecule has 3 heterocycles. The Bertz CT molecular complexity index is 1060. The molecular formula is C17H14N6OS2. The van der Waals surface area contributed by atoms with Crippen molar-refractivity contribution in [3.8, 4) is 11.4 Å². The molecule has 0 fully saturated rings. The third-order valence-corrected chi connectivity index (χ3v) is 4.71. The summed E-state index contributed by atoms with van der Waals surface area (Å²) in [5.41, 5.74) is 0.909. The molecule has 0 spiro atoms. The largest absolute Gasteiger partial charge is 0.300 e. The summed E-state index contributed by atoms with van der Waals surface area (Å²) in [6.45, 7) is 0.00646. The van der Waals surface area contributed by atoms with E-state index in [1.54, 1.807) is 16.3 Å². The van der Waals surface area contributed by atoms with Gasteiger partial charge >= 0.3 is 0 Å². The Hall–Kier alpha value is -3.04. The maximum Gasteiger partial charge on any atom is 0.248 e. The molecule has 1 amide bonds. The first-order valence-corrected chi connectivity index (χ1v) is 9.09. The van der Waals surface area contributed by atoms with E-state index in [4.69, 9.17) is 12.2 Å². The fourth-order valence-electron chi connectivity index (χ4n) is 2.52. The monoisotopic (exact) mass is 382 g/mol. The minimum absolute atomic E-state index is 0.00646. The molecule has 4 aromatic rings. The first kappa shape index (κ1) is 16.4. The molecule has 0 aliphatic carbocycles. The van der Waals surface area contributed by atoms with E-state index >= 15 is 0 Å². The van der Waals surface area contributed by atoms with E-state index in [2.05, 4.69) is 15.4 Å². The number of carbonyl (C=O) groups excluding carboxylic acids is 1. The molecule has 9 heteroatoms. The molecule has 0 saturated carbocycles. The van der Waals surface area contributed by atoms with E-state index in [-0.39, 0.29) is 12.5 Å². The van der Waals surface area contributed by atoms with Crippen LogP contribution in [-0.4, -0.2) is 30.0 Å². The molecule has 3 aromatic heterocycles. The summed E-state index contributed by atoms with van der Waals surface area (Å²) in [5, 5.41) is 9.68. The Labute approximate surface area is 158 Å². The number of hydrogen-bond acceptors (Lipinski definition) is 5. The standard InChI is InChI=1S/C17H14N6OS2/c24-14(19-16-18-8-11-26-16)12-22-17(25)23(21-9-4-5-10-21)15(20-22)13-6-2-1-3-7-13/h1-11H,12H2,(H,18,19,24). The van der Waals surface area contributed by atoms with Gasteiger partial charge in [0.05, 0.1) is 0 Å². The molecule has 1 aromatic carbocycles. The SMILES string of the molecule is O=C(Cn1nc(-c2ccccc2)n(-n2cccc2)c1=S)Nc1nccs1. The van der Waals surface area contributed by atoms with E-state index in [9.17, 15) is 4.79 Å². The van der Waals surface area contributed by atoms with Crippen LogP contribution in [0.4, 0.5) is 5.13 Å². The maximum absolute atomic E-state index is 12.3. The molecule has 0 atom stereocenters. The number of amides is 1. The van der Waals surface area contributed by atoms with Gasteiger partial charge in [-0.3, -0.25) is 9.47 Å². The molecule has 0 radical (unpaired) electrons. The molecule has 0 bridgehead atoms. The van der Waals surface area contributed by atoms with Gasteiger partial charge < -0.3 is 5.32 Å². The highest BCUT2D eigenvalue weighted by molar-refractivity contribution is 7.71. The highest BCUT2D eigenvalue weighted by Crippen LogP contribution is 2.19. The fourth-order valence-corrected chi connectivity index (χ4v) is 3.35. The minimum atomic E-state index is -0.229. The number of anilines is 1. The zero-order valence-corrected chi connectivity index (χ0v) is 15.2. The normalized spacial score (nSPS) is 10.8. The van der Waals surface area contributed by atoms with Crippen LogP contribution >= 0.6 is 23.6 Å². The number of nitrogens with one attached hydrogen (secondary N) is 1. The number of thiazole rings is 1. The van der Waals surface area contributed by atoms with Gasteiger partial charge in [-0.25, -0.2) is 14.3 Å². The average molecular weight is 382 g/mol. The molecular weight excluding hydrogens is 368 g/mol. The van der Waals surface area contributed by atoms with Crippen molar-refractivity contribution in [3.05, 3.63) is 71.2 Å². The Kier molecular flexibility index (Phi) is 4.46. The van der Waals surface area contributed by atoms with Gasteiger partial charge in [0.25, 0.3) is 0 Å². The van der Waals surface area contributed by atoms with Crippen LogP contribution < -0.4 is 5.32 Å². The first-order valence-electron chi connectivity index (χ1n) is 7.80. The summed E-state index contributed by atoms with van der Waals surface area (Å²) in [7, 11) is 0. The lowest BCUT2D eigenvalue weighted by Crippen LogP contribution is -2.20. The maximum atomic E-state index is 12.3. The van der Waals surface area contributed by atoms with Gasteiger partial charge in [-0.15, -0.1) is 16.4 Å². The summed E-state index contributed by atoms with van der Waals surface area (Å²) >= 11 is 6.94. The van der Waals surface area contributed by atoms with Crippen molar-refractivity contribution in [3.63, 3.8) is 0 Å². The second kappa shape index (κ2) is 7.06. The third kappa shape index (κ3) is 3.22. The minimum Gasteiger partial charge on any atom is -0.300 e. The number of aromatic nitrogens is 5. The molecule has 0 aliphatic heterocycles.